The Morgan fingerprint density at radius 3 is 2.14 bits per heavy atom. The largest absolute Gasteiger partial charge is 0.497 e. The van der Waals surface area contributed by atoms with Crippen molar-refractivity contribution in [2.45, 2.75) is 134 Å². The Bertz CT molecular complexity index is 2140. The van der Waals surface area contributed by atoms with Crippen molar-refractivity contribution in [3.05, 3.63) is 29.8 Å². The van der Waals surface area contributed by atoms with Gasteiger partial charge in [0.2, 0.25) is 65.0 Å². The molecule has 24 heteroatoms. The third-order valence-corrected chi connectivity index (χ3v) is 12.6. The van der Waals surface area contributed by atoms with E-state index in [1.54, 1.807) is 38.1 Å². The van der Waals surface area contributed by atoms with Crippen LogP contribution in [0.15, 0.2) is 24.3 Å². The Labute approximate surface area is 410 Å². The number of nitrogens with one attached hydrogen (secondary N) is 7. The van der Waals surface area contributed by atoms with Gasteiger partial charge < -0.3 is 64.1 Å². The zero-order chi connectivity index (χ0) is 53.9. The van der Waals surface area contributed by atoms with Crippen LogP contribution in [0.1, 0.15) is 95.1 Å². The van der Waals surface area contributed by atoms with Crippen molar-refractivity contribution < 1.29 is 61.6 Å². The highest BCUT2D eigenvalue weighted by molar-refractivity contribution is 7.99. The first-order chi connectivity index (χ1) is 33.8. The minimum absolute atomic E-state index is 0.000426. The zero-order valence-corrected chi connectivity index (χ0v) is 40.2. The molecule has 0 aromatic heterocycles. The first-order valence-corrected chi connectivity index (χ1v) is 23.9. The van der Waals surface area contributed by atoms with Crippen LogP contribution in [0.4, 0.5) is 0 Å². The molecular formula is C45H69N11O12S. The van der Waals surface area contributed by atoms with Gasteiger partial charge in [0, 0.05) is 35.7 Å². The van der Waals surface area contributed by atoms with Crippen LogP contribution in [0.3, 0.4) is 0 Å². The summed E-state index contributed by atoms with van der Waals surface area (Å²) in [7, 11) is 1.49. The van der Waals surface area contributed by atoms with E-state index >= 15 is 0 Å². The lowest BCUT2D eigenvalue weighted by atomic mass is 9.96. The lowest BCUT2D eigenvalue weighted by Crippen LogP contribution is -2.61. The monoisotopic (exact) mass is 991 g/mol. The number of ether oxygens (including phenoxy) is 1. The Balaban J connectivity index is 2.04. The van der Waals surface area contributed by atoms with Gasteiger partial charge in [-0.25, -0.2) is 0 Å². The molecule has 2 aliphatic rings. The maximum absolute atomic E-state index is 14.5. The number of benzene rings is 1. The Kier molecular flexibility index (Phi) is 21.2. The number of carbonyl (C=O) groups excluding carboxylic acids is 11. The molecule has 2 aliphatic heterocycles. The van der Waals surface area contributed by atoms with E-state index in [1.807, 2.05) is 0 Å². The number of rotatable bonds is 18. The molecule has 2 fully saturated rings. The molecule has 0 aliphatic carbocycles. The van der Waals surface area contributed by atoms with Crippen molar-refractivity contribution in [1.82, 2.24) is 42.1 Å². The summed E-state index contributed by atoms with van der Waals surface area (Å²) in [5.41, 5.74) is 16.7. The van der Waals surface area contributed by atoms with Crippen LogP contribution < -0.4 is 59.2 Å². The molecule has 69 heavy (non-hydrogen) atoms. The molecule has 13 N–H and O–H groups in total. The van der Waals surface area contributed by atoms with Gasteiger partial charge in [-0.1, -0.05) is 46.2 Å². The molecule has 0 spiro atoms. The first-order valence-electron chi connectivity index (χ1n) is 24.3. The van der Waals surface area contributed by atoms with Crippen LogP contribution in [0.25, 0.3) is 0 Å². The number of likely N-dealkylation sites (tertiary alicyclic amines) is 1. The Hall–Kier alpha value is -6.46. The molecule has 3 rings (SSSR count). The molecule has 0 bridgehead atoms. The topological polar surface area (TPSA) is 363 Å². The van der Waals surface area contributed by atoms with Crippen LogP contribution in [0, 0.1) is 11.8 Å². The van der Waals surface area contributed by atoms with Gasteiger partial charge in [-0.3, -0.25) is 52.7 Å². The Morgan fingerprint density at radius 1 is 0.855 bits per heavy atom. The molecule has 0 radical (unpaired) electrons. The van der Waals surface area contributed by atoms with Crippen LogP contribution in [-0.4, -0.2) is 144 Å². The van der Waals surface area contributed by atoms with E-state index < -0.39 is 152 Å². The summed E-state index contributed by atoms with van der Waals surface area (Å²) in [4.78, 5) is 148. The standard InChI is InChI=1S/C45H69N11O12S/c1-6-25(4)38-44(66)51-28(15-16-34(46)57)40(62)52-31(21-35(47)58)41(63)54-32(23-69-18-8-10-37(60)50-30(42(64)55-38)20-26-11-13-27(68-5)14-12-26)45(67)56-17-7-9-33(56)43(65)53-29(19-24(2)3)39(61)49-22-36(48)59/h11-14,24-25,28-33,38H,6-10,15-23H2,1-5H3,(H2,46,57)(H2,47,58)(H2,48,59)(H,49,61)(H,50,60)(H,51,66)(H,52,62)(H,53,65)(H,54,63)(H,55,64)/t25-,28-,29+,30-,31-,32-,33-,38-/m0/s1/i2D3/t24?,25-,28-,29+,30-,31-,32-,33-,38-. The maximum atomic E-state index is 14.5. The lowest BCUT2D eigenvalue weighted by Gasteiger charge is -2.31. The number of hydrogen-bond donors (Lipinski definition) is 10. The van der Waals surface area contributed by atoms with Gasteiger partial charge in [0.1, 0.15) is 48.0 Å². The summed E-state index contributed by atoms with van der Waals surface area (Å²) in [6.45, 7) is 1.64. The van der Waals surface area contributed by atoms with Crippen LogP contribution in [0.2, 0.25) is 0 Å². The fraction of sp³-hybridized carbons (Fsp3) is 0.622. The number of carbonyl (C=O) groups is 11. The van der Waals surface area contributed by atoms with E-state index in [-0.39, 0.29) is 56.6 Å². The predicted octanol–water partition coefficient (Wildman–Crippen LogP) is -2.50. The van der Waals surface area contributed by atoms with Crippen molar-refractivity contribution >= 4 is 76.7 Å². The average Bonchev–Trinajstić information content (AvgIpc) is 3.82. The molecule has 1 aromatic rings. The van der Waals surface area contributed by atoms with Crippen molar-refractivity contribution in [3.63, 3.8) is 0 Å². The highest BCUT2D eigenvalue weighted by Crippen LogP contribution is 2.22. The molecule has 1 aromatic carbocycles. The predicted molar refractivity (Wildman–Crippen MR) is 253 cm³/mol. The first kappa shape index (κ1) is 51.9. The lowest BCUT2D eigenvalue weighted by molar-refractivity contribution is -0.142. The highest BCUT2D eigenvalue weighted by Gasteiger charge is 2.40. The zero-order valence-electron chi connectivity index (χ0n) is 42.4. The summed E-state index contributed by atoms with van der Waals surface area (Å²) in [5, 5.41) is 17.7. The average molecular weight is 991 g/mol. The second-order valence-corrected chi connectivity index (χ2v) is 18.3. The number of thioether (sulfide) groups is 1. The third-order valence-electron chi connectivity index (χ3n) is 11.5. The molecule has 382 valence electrons. The second-order valence-electron chi connectivity index (χ2n) is 17.2. The minimum atomic E-state index is -2.53. The van der Waals surface area contributed by atoms with E-state index in [0.717, 1.165) is 16.7 Å². The van der Waals surface area contributed by atoms with Gasteiger partial charge in [-0.05, 0) is 67.4 Å². The van der Waals surface area contributed by atoms with E-state index in [9.17, 15) is 52.7 Å². The van der Waals surface area contributed by atoms with Gasteiger partial charge in [-0.2, -0.15) is 11.8 Å². The van der Waals surface area contributed by atoms with Crippen LogP contribution >= 0.6 is 11.8 Å². The van der Waals surface area contributed by atoms with Crippen LogP contribution in [0.5, 0.6) is 5.75 Å². The fourth-order valence-corrected chi connectivity index (χ4v) is 8.54. The Morgan fingerprint density at radius 2 is 1.52 bits per heavy atom. The third kappa shape index (κ3) is 18.9. The summed E-state index contributed by atoms with van der Waals surface area (Å²) in [5.74, 6) is -10.6. The van der Waals surface area contributed by atoms with E-state index in [1.165, 1.54) is 14.0 Å². The molecular weight excluding hydrogens is 919 g/mol. The van der Waals surface area contributed by atoms with Crippen LogP contribution in [-0.2, 0) is 59.2 Å². The summed E-state index contributed by atoms with van der Waals surface area (Å²) in [6.07, 6.45) is -1.19. The molecule has 23 nitrogen and oxygen atoms in total. The van der Waals surface area contributed by atoms with Gasteiger partial charge in [0.15, 0.2) is 0 Å². The number of amides is 11. The molecule has 1 unspecified atom stereocenters. The number of methoxy groups -OCH3 is 1. The number of primary amides is 3. The summed E-state index contributed by atoms with van der Waals surface area (Å²) in [6, 6.07) is -3.24. The number of nitrogens with zero attached hydrogens (tertiary/aromatic N) is 1. The maximum Gasteiger partial charge on any atom is 0.246 e. The number of nitrogens with two attached hydrogens (primary N) is 3. The highest BCUT2D eigenvalue weighted by atomic mass is 32.2. The SMILES string of the molecule is [2H]C([2H])([2H])C(C)C[C@@H](NC(=O)[C@@H]1CCCN1C(=O)[C@@H]1CSCCCC(=O)N[C@@H](Cc2ccc(OC)cc2)C(=O)N[C@@H]([C@@H](C)CC)C(=O)N[C@@H](CCC(N)=O)C(=O)N[C@@H](CC(N)=O)C(=O)N1)C(=O)NCC(N)=O. The quantitative estimate of drug-likeness (QED) is 0.0728. The van der Waals surface area contributed by atoms with Gasteiger partial charge >= 0.3 is 0 Å². The minimum Gasteiger partial charge on any atom is -0.497 e. The van der Waals surface area contributed by atoms with Gasteiger partial charge in [0.25, 0.3) is 0 Å². The molecule has 2 heterocycles. The summed E-state index contributed by atoms with van der Waals surface area (Å²) >= 11 is 1.13. The summed E-state index contributed by atoms with van der Waals surface area (Å²) < 4.78 is 28.6. The molecule has 9 atom stereocenters. The smallest absolute Gasteiger partial charge is 0.246 e. The number of hydrogen-bond acceptors (Lipinski definition) is 13. The molecule has 2 saturated heterocycles. The van der Waals surface area contributed by atoms with E-state index in [2.05, 4.69) is 37.2 Å². The van der Waals surface area contributed by atoms with Crippen molar-refractivity contribution in [1.29, 1.82) is 0 Å². The van der Waals surface area contributed by atoms with Crippen molar-refractivity contribution in [2.75, 3.05) is 31.7 Å². The van der Waals surface area contributed by atoms with E-state index in [4.69, 9.17) is 26.1 Å². The normalized spacial score (nSPS) is 24.4. The fourth-order valence-electron chi connectivity index (χ4n) is 7.57. The second kappa shape index (κ2) is 28.1. The van der Waals surface area contributed by atoms with E-state index in [0.29, 0.717) is 17.7 Å². The van der Waals surface area contributed by atoms with Crippen molar-refractivity contribution in [2.24, 2.45) is 29.0 Å². The van der Waals surface area contributed by atoms with Gasteiger partial charge in [-0.15, -0.1) is 0 Å². The molecule has 0 saturated carbocycles. The van der Waals surface area contributed by atoms with Crippen molar-refractivity contribution in [3.8, 4) is 5.75 Å². The molecule has 11 amide bonds. The van der Waals surface area contributed by atoms with Gasteiger partial charge in [0.05, 0.1) is 20.1 Å².